The van der Waals surface area contributed by atoms with Crippen molar-refractivity contribution in [1.82, 2.24) is 4.90 Å². The molecule has 0 unspecified atom stereocenters. The van der Waals surface area contributed by atoms with E-state index in [1.54, 1.807) is 24.3 Å². The van der Waals surface area contributed by atoms with Crippen LogP contribution in [0, 0.1) is 5.92 Å². The molecule has 2 fully saturated rings. The number of hydrogen-bond donors (Lipinski definition) is 2. The highest BCUT2D eigenvalue weighted by atomic mass is 16.5. The molecule has 4 atom stereocenters. The number of hydrogen-bond acceptors (Lipinski definition) is 5. The number of benzene rings is 3. The van der Waals surface area contributed by atoms with Gasteiger partial charge in [0.2, 0.25) is 5.91 Å². The van der Waals surface area contributed by atoms with E-state index in [0.717, 1.165) is 12.0 Å². The maximum atomic E-state index is 14.8. The van der Waals surface area contributed by atoms with Crippen molar-refractivity contribution in [3.05, 3.63) is 102 Å². The molecular weight excluding hydrogens is 478 g/mol. The number of nitrogens with zero attached hydrogens (tertiary/aromatic N) is 1. The average Bonchev–Trinajstić information content (AvgIpc) is 3.66. The van der Waals surface area contributed by atoms with Crippen LogP contribution in [0.1, 0.15) is 34.3 Å². The Kier molecular flexibility index (Phi) is 4.91. The fraction of sp³-hybridized carbons (Fsp3) is 0.258. The van der Waals surface area contributed by atoms with Crippen LogP contribution < -0.4 is 15.4 Å². The first-order valence-corrected chi connectivity index (χ1v) is 13.0. The van der Waals surface area contributed by atoms with Crippen LogP contribution in [0.5, 0.6) is 5.75 Å². The van der Waals surface area contributed by atoms with E-state index >= 15 is 0 Å². The van der Waals surface area contributed by atoms with Crippen molar-refractivity contribution in [2.75, 3.05) is 23.8 Å². The van der Waals surface area contributed by atoms with Gasteiger partial charge in [-0.05, 0) is 49.2 Å². The van der Waals surface area contributed by atoms with Crippen molar-refractivity contribution < 1.29 is 19.1 Å². The second-order valence-corrected chi connectivity index (χ2v) is 10.4. The molecule has 4 aliphatic rings. The molecule has 2 saturated heterocycles. The van der Waals surface area contributed by atoms with Crippen LogP contribution in [0.15, 0.2) is 85.5 Å². The topological polar surface area (TPSA) is 87.7 Å². The Labute approximate surface area is 220 Å². The second-order valence-electron chi connectivity index (χ2n) is 10.4. The van der Waals surface area contributed by atoms with Gasteiger partial charge >= 0.3 is 0 Å². The van der Waals surface area contributed by atoms with E-state index in [1.165, 1.54) is 0 Å². The number of para-hydroxylation sites is 3. The molecule has 3 aromatic rings. The first-order chi connectivity index (χ1) is 18.6. The maximum absolute atomic E-state index is 14.8. The molecule has 3 aromatic carbocycles. The van der Waals surface area contributed by atoms with Crippen LogP contribution in [0.3, 0.4) is 0 Å². The third-order valence-electron chi connectivity index (χ3n) is 8.80. The summed E-state index contributed by atoms with van der Waals surface area (Å²) >= 11 is 0. The van der Waals surface area contributed by atoms with Crippen LogP contribution in [0.25, 0.3) is 0 Å². The zero-order valence-electron chi connectivity index (χ0n) is 20.8. The molecule has 7 heteroatoms. The van der Waals surface area contributed by atoms with Crippen molar-refractivity contribution >= 4 is 29.0 Å². The predicted molar refractivity (Wildman–Crippen MR) is 143 cm³/mol. The number of carbonyl (C=O) groups excluding carboxylic acids is 3. The molecule has 2 spiro atoms. The number of amides is 2. The highest BCUT2D eigenvalue weighted by Gasteiger charge is 2.81. The van der Waals surface area contributed by atoms with Gasteiger partial charge in [-0.1, -0.05) is 61.2 Å². The molecule has 7 nitrogen and oxygen atoms in total. The van der Waals surface area contributed by atoms with Gasteiger partial charge in [0.05, 0.1) is 11.5 Å². The number of anilines is 2. The van der Waals surface area contributed by atoms with E-state index in [1.807, 2.05) is 54.6 Å². The highest BCUT2D eigenvalue weighted by Crippen LogP contribution is 2.67. The van der Waals surface area contributed by atoms with E-state index in [-0.39, 0.29) is 30.2 Å². The zero-order valence-corrected chi connectivity index (χ0v) is 20.8. The minimum Gasteiger partial charge on any atom is -0.489 e. The maximum Gasteiger partial charge on any atom is 0.251 e. The third-order valence-corrected chi connectivity index (χ3v) is 8.80. The normalized spacial score (nSPS) is 28.6. The number of fused-ring (bicyclic) bond motifs is 7. The van der Waals surface area contributed by atoms with E-state index in [4.69, 9.17) is 4.74 Å². The van der Waals surface area contributed by atoms with Gasteiger partial charge in [-0.25, -0.2) is 0 Å². The van der Waals surface area contributed by atoms with Gasteiger partial charge in [0.15, 0.2) is 5.78 Å². The molecule has 0 aliphatic carbocycles. The number of rotatable bonds is 5. The molecule has 4 aliphatic heterocycles. The van der Waals surface area contributed by atoms with E-state index in [9.17, 15) is 14.4 Å². The van der Waals surface area contributed by atoms with Crippen molar-refractivity contribution in [3.8, 4) is 5.75 Å². The average molecular weight is 506 g/mol. The lowest BCUT2D eigenvalue weighted by Gasteiger charge is -2.43. The Bertz CT molecular complexity index is 1530. The molecule has 4 heterocycles. The SMILES string of the molecule is C=CCOc1ccccc1C(=O)[C@@H]1[C@@H]2CCCN2[C@]2(C(=O)Nc3ccccc32)[C@@]12C(=O)Nc1ccccc12. The summed E-state index contributed by atoms with van der Waals surface area (Å²) in [5, 5.41) is 6.14. The molecule has 190 valence electrons. The fourth-order valence-corrected chi connectivity index (χ4v) is 7.65. The van der Waals surface area contributed by atoms with Gasteiger partial charge in [0.25, 0.3) is 5.91 Å². The van der Waals surface area contributed by atoms with Gasteiger partial charge in [0.1, 0.15) is 23.3 Å². The van der Waals surface area contributed by atoms with Gasteiger partial charge < -0.3 is 15.4 Å². The standard InChI is InChI=1S/C31H27N3O4/c1-2-18-38-25-16-8-3-10-19(25)27(35)26-24-15-9-17-34(24)31(21-12-5-7-14-23(21)33-29(31)37)30(26)20-11-4-6-13-22(20)32-28(30)36/h2-8,10-14,16,24,26H,1,9,15,17-18H2,(H,32,36)(H,33,37)/t24-,26-,30+,31+/m0/s1. The molecule has 2 N–H and O–H groups in total. The van der Waals surface area contributed by atoms with Crippen LogP contribution >= 0.6 is 0 Å². The summed E-state index contributed by atoms with van der Waals surface area (Å²) in [7, 11) is 0. The summed E-state index contributed by atoms with van der Waals surface area (Å²) < 4.78 is 5.89. The molecule has 0 bridgehead atoms. The van der Waals surface area contributed by atoms with Crippen molar-refractivity contribution in [2.24, 2.45) is 5.92 Å². The Morgan fingerprint density at radius 2 is 1.61 bits per heavy atom. The lowest BCUT2D eigenvalue weighted by atomic mass is 9.57. The minimum absolute atomic E-state index is 0.192. The summed E-state index contributed by atoms with van der Waals surface area (Å²) in [6, 6.07) is 21.9. The van der Waals surface area contributed by atoms with Crippen molar-refractivity contribution in [3.63, 3.8) is 0 Å². The first kappa shape index (κ1) is 22.9. The molecular formula is C31H27N3O4. The molecule has 0 radical (unpaired) electrons. The van der Waals surface area contributed by atoms with Crippen molar-refractivity contribution in [1.29, 1.82) is 0 Å². The van der Waals surface area contributed by atoms with E-state index < -0.39 is 16.9 Å². The first-order valence-electron chi connectivity index (χ1n) is 13.0. The lowest BCUT2D eigenvalue weighted by molar-refractivity contribution is -0.137. The Hall–Kier alpha value is -4.23. The van der Waals surface area contributed by atoms with E-state index in [2.05, 4.69) is 22.1 Å². The second kappa shape index (κ2) is 8.13. The van der Waals surface area contributed by atoms with Crippen LogP contribution in [-0.2, 0) is 20.5 Å². The summed E-state index contributed by atoms with van der Waals surface area (Å²) in [6.45, 7) is 4.59. The van der Waals surface area contributed by atoms with Crippen LogP contribution in [-0.4, -0.2) is 41.7 Å². The molecule has 38 heavy (non-hydrogen) atoms. The van der Waals surface area contributed by atoms with Gasteiger partial charge in [-0.3, -0.25) is 19.3 Å². The van der Waals surface area contributed by atoms with E-state index in [0.29, 0.717) is 41.2 Å². The summed E-state index contributed by atoms with van der Waals surface area (Å²) in [5.41, 5.74) is 0.342. The summed E-state index contributed by atoms with van der Waals surface area (Å²) in [6.07, 6.45) is 3.17. The predicted octanol–water partition coefficient (Wildman–Crippen LogP) is 4.27. The lowest BCUT2D eigenvalue weighted by Crippen LogP contribution is -2.62. The number of carbonyl (C=O) groups is 3. The van der Waals surface area contributed by atoms with Crippen LogP contribution in [0.2, 0.25) is 0 Å². The van der Waals surface area contributed by atoms with Crippen LogP contribution in [0.4, 0.5) is 11.4 Å². The third kappa shape index (κ3) is 2.59. The zero-order chi connectivity index (χ0) is 26.1. The Morgan fingerprint density at radius 1 is 0.947 bits per heavy atom. The smallest absolute Gasteiger partial charge is 0.251 e. The quantitative estimate of drug-likeness (QED) is 0.400. The number of nitrogens with one attached hydrogen (secondary N) is 2. The minimum atomic E-state index is -1.46. The summed E-state index contributed by atoms with van der Waals surface area (Å²) in [4.78, 5) is 45.8. The monoisotopic (exact) mass is 505 g/mol. The number of ether oxygens (including phenoxy) is 1. The van der Waals surface area contributed by atoms with Gasteiger partial charge in [-0.15, -0.1) is 0 Å². The Balaban J connectivity index is 1.55. The highest BCUT2D eigenvalue weighted by molar-refractivity contribution is 6.21. The molecule has 0 aromatic heterocycles. The molecule has 0 saturated carbocycles. The number of ketones is 1. The number of Topliss-reactive ketones (excluding diaryl/α,β-unsaturated/α-hetero) is 1. The van der Waals surface area contributed by atoms with Gasteiger partial charge in [-0.2, -0.15) is 0 Å². The largest absolute Gasteiger partial charge is 0.489 e. The Morgan fingerprint density at radius 3 is 2.39 bits per heavy atom. The molecule has 2 amide bonds. The molecule has 7 rings (SSSR count). The van der Waals surface area contributed by atoms with Gasteiger partial charge in [0, 0.05) is 23.0 Å². The van der Waals surface area contributed by atoms with Crippen molar-refractivity contribution in [2.45, 2.75) is 29.8 Å². The summed E-state index contributed by atoms with van der Waals surface area (Å²) in [5.74, 6) is -1.13. The fourth-order valence-electron chi connectivity index (χ4n) is 7.65.